The van der Waals surface area contributed by atoms with Crippen LogP contribution in [0.2, 0.25) is 0 Å². The van der Waals surface area contributed by atoms with Crippen molar-refractivity contribution in [1.29, 1.82) is 0 Å². The van der Waals surface area contributed by atoms with Crippen molar-refractivity contribution in [3.8, 4) is 22.6 Å². The number of aromatic nitrogens is 4. The van der Waals surface area contributed by atoms with Crippen LogP contribution in [-0.2, 0) is 0 Å². The molecule has 0 saturated heterocycles. The first kappa shape index (κ1) is 21.5. The molecular weight excluding hydrogens is 447 g/mol. The van der Waals surface area contributed by atoms with E-state index in [1.165, 1.54) is 10.8 Å². The third-order valence-electron chi connectivity index (χ3n) is 5.38. The minimum absolute atomic E-state index is 0.192. The number of rotatable bonds is 5. The number of methoxy groups -OCH3 is 1. The van der Waals surface area contributed by atoms with Crippen LogP contribution in [-0.4, -0.2) is 39.3 Å². The summed E-state index contributed by atoms with van der Waals surface area (Å²) in [5, 5.41) is 3.55. The van der Waals surface area contributed by atoms with E-state index < -0.39 is 12.7 Å². The van der Waals surface area contributed by atoms with Gasteiger partial charge in [-0.3, -0.25) is 9.36 Å². The number of ether oxygens (including phenoxy) is 1. The monoisotopic (exact) mass is 465 g/mol. The molecule has 0 amide bonds. The fourth-order valence-corrected chi connectivity index (χ4v) is 3.76. The molecule has 5 rings (SSSR count). The number of aromatic amines is 1. The summed E-state index contributed by atoms with van der Waals surface area (Å²) in [6.45, 7) is -1.29. The van der Waals surface area contributed by atoms with Crippen LogP contribution in [0, 0.1) is 0 Å². The summed E-state index contributed by atoms with van der Waals surface area (Å²) in [7, 11) is 1.55. The zero-order valence-corrected chi connectivity index (χ0v) is 17.8. The Hall–Kier alpha value is -4.34. The topological polar surface area (TPSA) is 84.8 Å². The van der Waals surface area contributed by atoms with Crippen LogP contribution >= 0.6 is 0 Å². The summed E-state index contributed by atoms with van der Waals surface area (Å²) < 4.78 is 44.7. The predicted octanol–water partition coefficient (Wildman–Crippen LogP) is 4.91. The Kier molecular flexibility index (Phi) is 5.20. The normalized spacial score (nSPS) is 11.8. The van der Waals surface area contributed by atoms with Gasteiger partial charge in [0.05, 0.1) is 12.8 Å². The van der Waals surface area contributed by atoms with Gasteiger partial charge >= 0.3 is 6.18 Å². The highest BCUT2D eigenvalue weighted by atomic mass is 19.4. The second kappa shape index (κ2) is 8.22. The van der Waals surface area contributed by atoms with E-state index in [0.717, 1.165) is 10.9 Å². The van der Waals surface area contributed by atoms with Crippen molar-refractivity contribution in [2.24, 2.45) is 0 Å². The highest BCUT2D eigenvalue weighted by molar-refractivity contribution is 5.86. The van der Waals surface area contributed by atoms with Crippen molar-refractivity contribution in [3.63, 3.8) is 0 Å². The van der Waals surface area contributed by atoms with Gasteiger partial charge in [-0.25, -0.2) is 4.98 Å². The maximum absolute atomic E-state index is 13.7. The molecule has 0 bridgehead atoms. The van der Waals surface area contributed by atoms with Crippen LogP contribution in [0.3, 0.4) is 0 Å². The second-order valence-electron chi connectivity index (χ2n) is 7.62. The number of halogens is 3. The zero-order chi connectivity index (χ0) is 23.9. The number of hydrogen-bond donors (Lipinski definition) is 2. The zero-order valence-electron chi connectivity index (χ0n) is 17.8. The van der Waals surface area contributed by atoms with Gasteiger partial charge in [0.15, 0.2) is 5.65 Å². The van der Waals surface area contributed by atoms with E-state index in [4.69, 9.17) is 4.74 Å². The first-order valence-electron chi connectivity index (χ1n) is 10.3. The number of nitrogens with one attached hydrogen (secondary N) is 2. The standard InChI is InChI=1S/C24H18F3N5O2/c1-34-18-5-2-14(3-6-18)19-11-16-12-29-23(30-13-24(25,26)27)31-21(16)32(22(19)33)17-4-7-20-15(10-17)8-9-28-20/h2-12,28H,13H2,1H3,(H,29,30,31). The lowest BCUT2D eigenvalue weighted by molar-refractivity contribution is -0.115. The molecular formula is C24H18F3N5O2. The molecule has 2 aromatic carbocycles. The van der Waals surface area contributed by atoms with Gasteiger partial charge in [-0.15, -0.1) is 0 Å². The van der Waals surface area contributed by atoms with Gasteiger partial charge in [0.1, 0.15) is 12.3 Å². The number of H-pyrrole nitrogens is 1. The van der Waals surface area contributed by atoms with Gasteiger partial charge < -0.3 is 15.0 Å². The maximum atomic E-state index is 13.7. The van der Waals surface area contributed by atoms with Crippen molar-refractivity contribution >= 4 is 27.9 Å². The second-order valence-corrected chi connectivity index (χ2v) is 7.62. The van der Waals surface area contributed by atoms with E-state index in [0.29, 0.717) is 28.0 Å². The largest absolute Gasteiger partial charge is 0.497 e. The molecule has 172 valence electrons. The number of hydrogen-bond acceptors (Lipinski definition) is 5. The molecule has 0 spiro atoms. The summed E-state index contributed by atoms with van der Waals surface area (Å²) >= 11 is 0. The fourth-order valence-electron chi connectivity index (χ4n) is 3.76. The number of nitrogens with zero attached hydrogens (tertiary/aromatic N) is 3. The van der Waals surface area contributed by atoms with Crippen molar-refractivity contribution in [2.45, 2.75) is 6.18 Å². The fraction of sp³-hybridized carbons (Fsp3) is 0.125. The van der Waals surface area contributed by atoms with Crippen LogP contribution in [0.4, 0.5) is 19.1 Å². The molecule has 0 fully saturated rings. The van der Waals surface area contributed by atoms with E-state index in [2.05, 4.69) is 20.3 Å². The highest BCUT2D eigenvalue weighted by Crippen LogP contribution is 2.26. The molecule has 0 aliphatic heterocycles. The summed E-state index contributed by atoms with van der Waals surface area (Å²) in [6, 6.07) is 15.9. The minimum Gasteiger partial charge on any atom is -0.497 e. The molecule has 0 aliphatic carbocycles. The van der Waals surface area contributed by atoms with Gasteiger partial charge in [-0.1, -0.05) is 12.1 Å². The number of pyridine rings is 1. The van der Waals surface area contributed by atoms with E-state index in [1.54, 1.807) is 49.7 Å². The van der Waals surface area contributed by atoms with E-state index in [-0.39, 0.29) is 17.2 Å². The summed E-state index contributed by atoms with van der Waals surface area (Å²) in [4.78, 5) is 25.1. The van der Waals surface area contributed by atoms with Crippen molar-refractivity contribution < 1.29 is 17.9 Å². The number of benzene rings is 2. The molecule has 34 heavy (non-hydrogen) atoms. The molecule has 10 heteroatoms. The summed E-state index contributed by atoms with van der Waals surface area (Å²) in [5.74, 6) is 0.421. The van der Waals surface area contributed by atoms with Gasteiger partial charge in [0.25, 0.3) is 5.56 Å². The average molecular weight is 465 g/mol. The van der Waals surface area contributed by atoms with Gasteiger partial charge in [-0.05, 0) is 48.0 Å². The number of alkyl halides is 3. The lowest BCUT2D eigenvalue weighted by atomic mass is 10.1. The molecule has 7 nitrogen and oxygen atoms in total. The lowest BCUT2D eigenvalue weighted by Crippen LogP contribution is -2.24. The van der Waals surface area contributed by atoms with E-state index >= 15 is 0 Å². The first-order valence-corrected chi connectivity index (χ1v) is 10.3. The van der Waals surface area contributed by atoms with Crippen molar-refractivity contribution in [1.82, 2.24) is 19.5 Å². The Morgan fingerprint density at radius 3 is 2.59 bits per heavy atom. The molecule has 3 heterocycles. The average Bonchev–Trinajstić information content (AvgIpc) is 3.30. The molecule has 0 unspecified atom stereocenters. The van der Waals surface area contributed by atoms with Crippen molar-refractivity contribution in [3.05, 3.63) is 77.3 Å². The molecule has 0 aliphatic rings. The lowest BCUT2D eigenvalue weighted by Gasteiger charge is -2.14. The molecule has 0 saturated carbocycles. The SMILES string of the molecule is COc1ccc(-c2cc3cnc(NCC(F)(F)F)nc3n(-c3ccc4[nH]ccc4c3)c2=O)cc1. The predicted molar refractivity (Wildman–Crippen MR) is 124 cm³/mol. The van der Waals surface area contributed by atoms with Crippen LogP contribution < -0.4 is 15.6 Å². The van der Waals surface area contributed by atoms with Crippen LogP contribution in [0.15, 0.2) is 71.8 Å². The summed E-state index contributed by atoms with van der Waals surface area (Å²) in [6.07, 6.45) is -1.25. The van der Waals surface area contributed by atoms with Crippen molar-refractivity contribution in [2.75, 3.05) is 19.0 Å². The molecule has 0 atom stereocenters. The quantitative estimate of drug-likeness (QED) is 0.385. The van der Waals surface area contributed by atoms with Gasteiger partial charge in [-0.2, -0.15) is 18.2 Å². The Balaban J connectivity index is 1.74. The highest BCUT2D eigenvalue weighted by Gasteiger charge is 2.27. The molecule has 2 N–H and O–H groups in total. The third kappa shape index (κ3) is 4.05. The maximum Gasteiger partial charge on any atom is 0.405 e. The number of fused-ring (bicyclic) bond motifs is 2. The van der Waals surface area contributed by atoms with Crippen LogP contribution in [0.25, 0.3) is 38.8 Å². The molecule has 0 radical (unpaired) electrons. The Labute approximate surface area is 190 Å². The molecule has 5 aromatic rings. The number of anilines is 1. The smallest absolute Gasteiger partial charge is 0.405 e. The first-order chi connectivity index (χ1) is 16.3. The van der Waals surface area contributed by atoms with Crippen LogP contribution in [0.5, 0.6) is 5.75 Å². The Morgan fingerprint density at radius 1 is 1.06 bits per heavy atom. The summed E-state index contributed by atoms with van der Waals surface area (Å²) in [5.41, 5.74) is 2.28. The van der Waals surface area contributed by atoms with E-state index in [1.807, 2.05) is 18.2 Å². The van der Waals surface area contributed by atoms with E-state index in [9.17, 15) is 18.0 Å². The van der Waals surface area contributed by atoms with Crippen LogP contribution in [0.1, 0.15) is 0 Å². The Morgan fingerprint density at radius 2 is 1.85 bits per heavy atom. The van der Waals surface area contributed by atoms with Gasteiger partial charge in [0.2, 0.25) is 5.95 Å². The minimum atomic E-state index is -4.43. The third-order valence-corrected chi connectivity index (χ3v) is 5.38. The molecule has 3 aromatic heterocycles. The Bertz CT molecular complexity index is 1560. The van der Waals surface area contributed by atoms with Gasteiger partial charge in [0, 0.05) is 34.2 Å².